The van der Waals surface area contributed by atoms with E-state index in [4.69, 9.17) is 4.42 Å². The number of hydrogen-bond acceptors (Lipinski definition) is 5. The van der Waals surface area contributed by atoms with E-state index < -0.39 is 0 Å². The Balaban J connectivity index is 1.64. The second kappa shape index (κ2) is 8.63. The first-order valence-corrected chi connectivity index (χ1v) is 11.3. The first-order valence-electron chi connectivity index (χ1n) is 11.3. The normalized spacial score (nSPS) is 12.1. The summed E-state index contributed by atoms with van der Waals surface area (Å²) in [6, 6.07) is 21.6. The fourth-order valence-electron chi connectivity index (χ4n) is 4.40. The summed E-state index contributed by atoms with van der Waals surface area (Å²) >= 11 is 0. The van der Waals surface area contributed by atoms with Crippen LogP contribution in [0.1, 0.15) is 29.7 Å². The Bertz CT molecular complexity index is 1550. The minimum Gasteiger partial charge on any atom is -0.455 e. The van der Waals surface area contributed by atoms with Gasteiger partial charge in [-0.05, 0) is 44.5 Å². The van der Waals surface area contributed by atoms with Crippen molar-refractivity contribution in [2.75, 3.05) is 5.32 Å². The van der Waals surface area contributed by atoms with Crippen molar-refractivity contribution in [3.05, 3.63) is 100.0 Å². The number of nitrogens with zero attached hydrogens (tertiary/aromatic N) is 3. The molecule has 2 heterocycles. The van der Waals surface area contributed by atoms with Crippen molar-refractivity contribution in [2.24, 2.45) is 7.05 Å². The first kappa shape index (κ1) is 21.6. The molecule has 1 unspecified atom stereocenters. The molecule has 0 amide bonds. The third-order valence-corrected chi connectivity index (χ3v) is 6.15. The summed E-state index contributed by atoms with van der Waals surface area (Å²) in [4.78, 5) is 13.4. The maximum atomic E-state index is 13.4. The Kier molecular flexibility index (Phi) is 5.49. The predicted octanol–water partition coefficient (Wildman–Crippen LogP) is 6.05. The van der Waals surface area contributed by atoms with Gasteiger partial charge < -0.3 is 14.3 Å². The van der Waals surface area contributed by atoms with Crippen molar-refractivity contribution < 1.29 is 4.42 Å². The molecule has 3 aromatic carbocycles. The second-order valence-electron chi connectivity index (χ2n) is 8.66. The molecule has 0 radical (unpaired) electrons. The number of aromatic nitrogens is 3. The number of aryl methyl sites for hydroxylation is 2. The van der Waals surface area contributed by atoms with Crippen LogP contribution in [0, 0.1) is 13.8 Å². The van der Waals surface area contributed by atoms with Gasteiger partial charge in [0.05, 0.1) is 11.4 Å². The number of nitrogens with one attached hydrogen (secondary N) is 1. The van der Waals surface area contributed by atoms with Crippen molar-refractivity contribution in [3.8, 4) is 22.7 Å². The zero-order valence-electron chi connectivity index (χ0n) is 19.7. The van der Waals surface area contributed by atoms with E-state index in [1.54, 1.807) is 6.33 Å². The van der Waals surface area contributed by atoms with Crippen LogP contribution in [0.5, 0.6) is 0 Å². The Morgan fingerprint density at radius 1 is 1.00 bits per heavy atom. The molecule has 5 aromatic rings. The van der Waals surface area contributed by atoms with Crippen molar-refractivity contribution in [2.45, 2.75) is 26.8 Å². The molecule has 0 saturated heterocycles. The number of hydrogen-bond donors (Lipinski definition) is 1. The van der Waals surface area contributed by atoms with E-state index in [9.17, 15) is 4.79 Å². The minimum absolute atomic E-state index is 0.00302. The zero-order chi connectivity index (χ0) is 23.8. The monoisotopic (exact) mass is 450 g/mol. The summed E-state index contributed by atoms with van der Waals surface area (Å²) in [6.45, 7) is 5.90. The molecule has 0 bridgehead atoms. The molecule has 0 spiro atoms. The molecule has 6 nitrogen and oxygen atoms in total. The van der Waals surface area contributed by atoms with Crippen LogP contribution in [0.15, 0.2) is 82.3 Å². The lowest BCUT2D eigenvalue weighted by Crippen LogP contribution is -2.13. The highest BCUT2D eigenvalue weighted by Gasteiger charge is 2.20. The molecule has 0 aliphatic carbocycles. The Labute approximate surface area is 197 Å². The maximum absolute atomic E-state index is 13.4. The average molecular weight is 451 g/mol. The Morgan fingerprint density at radius 2 is 1.74 bits per heavy atom. The molecular formula is C28H26N4O2. The van der Waals surface area contributed by atoms with Crippen LogP contribution < -0.4 is 10.7 Å². The highest BCUT2D eigenvalue weighted by Crippen LogP contribution is 2.34. The van der Waals surface area contributed by atoms with E-state index in [0.717, 1.165) is 33.8 Å². The van der Waals surface area contributed by atoms with Crippen molar-refractivity contribution >= 4 is 16.7 Å². The van der Waals surface area contributed by atoms with Crippen molar-refractivity contribution in [3.63, 3.8) is 0 Å². The molecule has 0 aliphatic rings. The highest BCUT2D eigenvalue weighted by molar-refractivity contribution is 5.85. The molecule has 1 N–H and O–H groups in total. The molecule has 0 fully saturated rings. The molecule has 5 rings (SSSR count). The number of para-hydroxylation sites is 1. The molecule has 170 valence electrons. The van der Waals surface area contributed by atoms with E-state index in [0.29, 0.717) is 22.3 Å². The lowest BCUT2D eigenvalue weighted by Gasteiger charge is -2.20. The van der Waals surface area contributed by atoms with Crippen LogP contribution >= 0.6 is 0 Å². The first-order chi connectivity index (χ1) is 16.4. The van der Waals surface area contributed by atoms with Gasteiger partial charge in [0, 0.05) is 35.0 Å². The quantitative estimate of drug-likeness (QED) is 0.353. The van der Waals surface area contributed by atoms with E-state index in [1.807, 2.05) is 86.1 Å². The minimum atomic E-state index is -0.133. The van der Waals surface area contributed by atoms with Gasteiger partial charge in [0.15, 0.2) is 11.3 Å². The summed E-state index contributed by atoms with van der Waals surface area (Å²) in [7, 11) is 1.92. The molecular weight excluding hydrogens is 424 g/mol. The fourth-order valence-corrected chi connectivity index (χ4v) is 4.40. The van der Waals surface area contributed by atoms with Gasteiger partial charge in [-0.2, -0.15) is 0 Å². The Hall–Kier alpha value is -4.19. The van der Waals surface area contributed by atoms with Gasteiger partial charge in [-0.25, -0.2) is 0 Å². The number of anilines is 1. The lowest BCUT2D eigenvalue weighted by molar-refractivity contribution is 0.605. The Morgan fingerprint density at radius 3 is 2.47 bits per heavy atom. The number of fused-ring (bicyclic) bond motifs is 1. The van der Waals surface area contributed by atoms with Gasteiger partial charge in [0.1, 0.15) is 17.7 Å². The van der Waals surface area contributed by atoms with Gasteiger partial charge in [-0.3, -0.25) is 4.79 Å². The summed E-state index contributed by atoms with van der Waals surface area (Å²) < 4.78 is 8.35. The van der Waals surface area contributed by atoms with Gasteiger partial charge >= 0.3 is 0 Å². The smallest absolute Gasteiger partial charge is 0.196 e. The lowest BCUT2D eigenvalue weighted by atomic mass is 9.98. The molecule has 1 atom stereocenters. The number of benzene rings is 3. The van der Waals surface area contributed by atoms with Crippen molar-refractivity contribution in [1.82, 2.24) is 14.8 Å². The topological polar surface area (TPSA) is 73.0 Å². The van der Waals surface area contributed by atoms with E-state index in [-0.39, 0.29) is 11.5 Å². The summed E-state index contributed by atoms with van der Waals surface area (Å²) in [5.41, 5.74) is 5.93. The molecule has 0 saturated carbocycles. The van der Waals surface area contributed by atoms with Crippen LogP contribution in [0.3, 0.4) is 0 Å². The number of rotatable bonds is 5. The third kappa shape index (κ3) is 3.77. The van der Waals surface area contributed by atoms with Crippen LogP contribution in [0.25, 0.3) is 33.7 Å². The van der Waals surface area contributed by atoms with E-state index in [2.05, 4.69) is 28.5 Å². The van der Waals surface area contributed by atoms with Crippen LogP contribution in [0.2, 0.25) is 0 Å². The van der Waals surface area contributed by atoms with E-state index in [1.165, 1.54) is 0 Å². The van der Waals surface area contributed by atoms with Gasteiger partial charge in [-0.1, -0.05) is 48.5 Å². The van der Waals surface area contributed by atoms with Gasteiger partial charge in [0.25, 0.3) is 0 Å². The largest absolute Gasteiger partial charge is 0.455 e. The highest BCUT2D eigenvalue weighted by atomic mass is 16.3. The SMILES string of the molecule is Cc1cc(C(C)Nc2ccccc2-c2nncn2C)c2oc(-c3ccccc3)c(C)c(=O)c2c1. The fraction of sp³-hybridized carbons (Fsp3) is 0.179. The predicted molar refractivity (Wildman–Crippen MR) is 136 cm³/mol. The van der Waals surface area contributed by atoms with Gasteiger partial charge in [0.2, 0.25) is 0 Å². The van der Waals surface area contributed by atoms with Gasteiger partial charge in [-0.15, -0.1) is 10.2 Å². The van der Waals surface area contributed by atoms with Crippen LogP contribution in [0.4, 0.5) is 5.69 Å². The van der Waals surface area contributed by atoms with Crippen LogP contribution in [-0.4, -0.2) is 14.8 Å². The average Bonchev–Trinajstić information content (AvgIpc) is 3.27. The molecule has 6 heteroatoms. The zero-order valence-corrected chi connectivity index (χ0v) is 19.7. The van der Waals surface area contributed by atoms with E-state index >= 15 is 0 Å². The standard InChI is InChI=1S/C28H26N4O2/c1-17-14-22(19(3)30-24-13-9-8-12-21(24)28-31-29-16-32(28)4)27-23(15-17)25(33)18(2)26(34-27)20-10-6-5-7-11-20/h5-16,19,30H,1-4H3. The maximum Gasteiger partial charge on any atom is 0.196 e. The van der Waals surface area contributed by atoms with Crippen LogP contribution in [-0.2, 0) is 7.05 Å². The molecule has 0 aliphatic heterocycles. The van der Waals surface area contributed by atoms with Crippen molar-refractivity contribution in [1.29, 1.82) is 0 Å². The summed E-state index contributed by atoms with van der Waals surface area (Å²) in [5.74, 6) is 1.38. The summed E-state index contributed by atoms with van der Waals surface area (Å²) in [6.07, 6.45) is 1.69. The second-order valence-corrected chi connectivity index (χ2v) is 8.66. The molecule has 34 heavy (non-hydrogen) atoms. The molecule has 2 aromatic heterocycles. The summed E-state index contributed by atoms with van der Waals surface area (Å²) in [5, 5.41) is 12.5. The third-order valence-electron chi connectivity index (χ3n) is 6.15.